The van der Waals surface area contributed by atoms with Gasteiger partial charge in [-0.1, -0.05) is 26.2 Å². The summed E-state index contributed by atoms with van der Waals surface area (Å²) in [5.41, 5.74) is 0.0377. The Labute approximate surface area is 164 Å². The van der Waals surface area contributed by atoms with E-state index in [1.54, 1.807) is 6.92 Å². The minimum Gasteiger partial charge on any atom is -0.493 e. The van der Waals surface area contributed by atoms with Gasteiger partial charge in [0, 0.05) is 0 Å². The molecule has 158 valence electrons. The molecule has 9 heteroatoms. The second-order valence-electron chi connectivity index (χ2n) is 5.96. The summed E-state index contributed by atoms with van der Waals surface area (Å²) >= 11 is 0. The van der Waals surface area contributed by atoms with Crippen molar-refractivity contribution in [3.63, 3.8) is 0 Å². The maximum Gasteiger partial charge on any atom is 0.543 e. The van der Waals surface area contributed by atoms with E-state index < -0.39 is 12.1 Å². The first kappa shape index (κ1) is 23.4. The van der Waals surface area contributed by atoms with Gasteiger partial charge in [0.15, 0.2) is 11.5 Å². The number of unbranched alkanes of at least 4 members (excludes halogenated alkanes) is 3. The summed E-state index contributed by atoms with van der Waals surface area (Å²) < 4.78 is 20.4. The molecule has 0 aliphatic carbocycles. The SMILES string of the molecule is CCCCCCC(C)OC(=O)OOOC(=O)c1cc(OC)c(OC)c(OC)c1. The van der Waals surface area contributed by atoms with Gasteiger partial charge in [-0.3, -0.25) is 4.89 Å². The standard InChI is InChI=1S/C19H28O9/c1-6-7-8-9-10-13(2)25-19(21)27-28-26-18(20)14-11-15(22-3)17(24-5)16(12-14)23-4/h11-13H,6-10H2,1-5H3. The highest BCUT2D eigenvalue weighted by Crippen LogP contribution is 2.38. The normalized spacial score (nSPS) is 11.3. The molecular formula is C19H28O9. The van der Waals surface area contributed by atoms with Crippen LogP contribution < -0.4 is 14.2 Å². The van der Waals surface area contributed by atoms with Crippen LogP contribution in [0, 0.1) is 0 Å². The fraction of sp³-hybridized carbons (Fsp3) is 0.579. The molecule has 0 spiro atoms. The third kappa shape index (κ3) is 7.51. The molecule has 0 aromatic heterocycles. The van der Waals surface area contributed by atoms with Gasteiger partial charge in [0.2, 0.25) is 5.75 Å². The van der Waals surface area contributed by atoms with Crippen molar-refractivity contribution in [3.05, 3.63) is 17.7 Å². The zero-order valence-electron chi connectivity index (χ0n) is 16.9. The Hall–Kier alpha value is -2.68. The molecule has 9 nitrogen and oxygen atoms in total. The van der Waals surface area contributed by atoms with Gasteiger partial charge in [-0.15, -0.1) is 0 Å². The molecule has 0 saturated carbocycles. The van der Waals surface area contributed by atoms with Crippen LogP contribution in [0.25, 0.3) is 0 Å². The Morgan fingerprint density at radius 2 is 1.57 bits per heavy atom. The van der Waals surface area contributed by atoms with E-state index in [-0.39, 0.29) is 23.2 Å². The highest BCUT2D eigenvalue weighted by atomic mass is 17.5. The van der Waals surface area contributed by atoms with Crippen LogP contribution >= 0.6 is 0 Å². The van der Waals surface area contributed by atoms with Crippen molar-refractivity contribution >= 4 is 12.1 Å². The summed E-state index contributed by atoms with van der Waals surface area (Å²) in [5.74, 6) is -0.105. The Morgan fingerprint density at radius 3 is 2.11 bits per heavy atom. The summed E-state index contributed by atoms with van der Waals surface area (Å²) in [4.78, 5) is 32.3. The van der Waals surface area contributed by atoms with E-state index in [4.69, 9.17) is 18.9 Å². The van der Waals surface area contributed by atoms with Gasteiger partial charge in [-0.25, -0.2) is 14.5 Å². The van der Waals surface area contributed by atoms with Gasteiger partial charge in [0.1, 0.15) is 6.10 Å². The van der Waals surface area contributed by atoms with Crippen molar-refractivity contribution in [1.29, 1.82) is 0 Å². The van der Waals surface area contributed by atoms with Crippen LogP contribution in [-0.2, 0) is 19.6 Å². The molecule has 0 radical (unpaired) electrons. The van der Waals surface area contributed by atoms with Crippen LogP contribution in [-0.4, -0.2) is 39.6 Å². The quantitative estimate of drug-likeness (QED) is 0.221. The summed E-state index contributed by atoms with van der Waals surface area (Å²) in [6.45, 7) is 3.86. The van der Waals surface area contributed by atoms with Crippen LogP contribution in [0.1, 0.15) is 56.3 Å². The number of ether oxygens (including phenoxy) is 4. The molecular weight excluding hydrogens is 372 g/mol. The van der Waals surface area contributed by atoms with Crippen LogP contribution in [0.3, 0.4) is 0 Å². The first-order valence-electron chi connectivity index (χ1n) is 9.02. The number of rotatable bonds is 12. The maximum absolute atomic E-state index is 12.1. The van der Waals surface area contributed by atoms with E-state index in [0.29, 0.717) is 12.2 Å². The summed E-state index contributed by atoms with van der Waals surface area (Å²) in [6, 6.07) is 2.73. The lowest BCUT2D eigenvalue weighted by molar-refractivity contribution is -0.452. The lowest BCUT2D eigenvalue weighted by atomic mass is 10.1. The van der Waals surface area contributed by atoms with Crippen LogP contribution in [0.2, 0.25) is 0 Å². The van der Waals surface area contributed by atoms with E-state index in [1.165, 1.54) is 33.5 Å². The average molecular weight is 400 g/mol. The van der Waals surface area contributed by atoms with Gasteiger partial charge in [0.05, 0.1) is 31.9 Å². The summed E-state index contributed by atoms with van der Waals surface area (Å²) in [7, 11) is 4.25. The fourth-order valence-electron chi connectivity index (χ4n) is 2.42. The second kappa shape index (κ2) is 12.7. The molecule has 0 bridgehead atoms. The van der Waals surface area contributed by atoms with Crippen molar-refractivity contribution < 1.29 is 43.3 Å². The number of hydrogen-bond acceptors (Lipinski definition) is 9. The molecule has 0 amide bonds. The maximum atomic E-state index is 12.1. The molecule has 1 aromatic carbocycles. The zero-order valence-corrected chi connectivity index (χ0v) is 16.9. The molecule has 1 unspecified atom stereocenters. The van der Waals surface area contributed by atoms with Crippen LogP contribution in [0.4, 0.5) is 4.79 Å². The second-order valence-corrected chi connectivity index (χ2v) is 5.96. The number of carbonyl (C=O) groups is 2. The van der Waals surface area contributed by atoms with Crippen molar-refractivity contribution in [2.24, 2.45) is 0 Å². The van der Waals surface area contributed by atoms with E-state index in [2.05, 4.69) is 21.7 Å². The number of benzene rings is 1. The largest absolute Gasteiger partial charge is 0.543 e. The van der Waals surface area contributed by atoms with E-state index in [1.807, 2.05) is 0 Å². The van der Waals surface area contributed by atoms with Gasteiger partial charge < -0.3 is 18.9 Å². The number of carbonyl (C=O) groups excluding carboxylic acids is 2. The molecule has 0 heterocycles. The summed E-state index contributed by atoms with van der Waals surface area (Å²) in [5, 5.41) is 4.22. The van der Waals surface area contributed by atoms with Gasteiger partial charge in [-0.2, -0.15) is 0 Å². The van der Waals surface area contributed by atoms with E-state index in [9.17, 15) is 9.59 Å². The Bertz CT molecular complexity index is 605. The van der Waals surface area contributed by atoms with Crippen LogP contribution in [0.5, 0.6) is 17.2 Å². The lowest BCUT2D eigenvalue weighted by Gasteiger charge is -2.13. The topological polar surface area (TPSA) is 98.8 Å². The summed E-state index contributed by atoms with van der Waals surface area (Å²) in [6.07, 6.45) is 3.56. The van der Waals surface area contributed by atoms with Crippen molar-refractivity contribution in [3.8, 4) is 17.2 Å². The molecule has 0 saturated heterocycles. The predicted molar refractivity (Wildman–Crippen MR) is 98.4 cm³/mol. The van der Waals surface area contributed by atoms with E-state index in [0.717, 1.165) is 25.7 Å². The Morgan fingerprint density at radius 1 is 0.929 bits per heavy atom. The molecule has 1 rings (SSSR count). The number of methoxy groups -OCH3 is 3. The third-order valence-corrected chi connectivity index (χ3v) is 3.87. The molecule has 0 aliphatic heterocycles. The molecule has 0 fully saturated rings. The zero-order chi connectivity index (χ0) is 20.9. The minimum atomic E-state index is -1.10. The number of hydrogen-bond donors (Lipinski definition) is 0. The molecule has 0 N–H and O–H groups in total. The fourth-order valence-corrected chi connectivity index (χ4v) is 2.42. The molecule has 1 atom stereocenters. The molecule has 0 aliphatic rings. The third-order valence-electron chi connectivity index (χ3n) is 3.87. The van der Waals surface area contributed by atoms with E-state index >= 15 is 0 Å². The average Bonchev–Trinajstić information content (AvgIpc) is 2.69. The van der Waals surface area contributed by atoms with Crippen LogP contribution in [0.15, 0.2) is 12.1 Å². The highest BCUT2D eigenvalue weighted by Gasteiger charge is 2.20. The van der Waals surface area contributed by atoms with Crippen molar-refractivity contribution in [2.45, 2.75) is 52.1 Å². The smallest absolute Gasteiger partial charge is 0.493 e. The first-order valence-corrected chi connectivity index (χ1v) is 9.02. The van der Waals surface area contributed by atoms with Crippen molar-refractivity contribution in [2.75, 3.05) is 21.3 Å². The molecule has 1 aromatic rings. The lowest BCUT2D eigenvalue weighted by Crippen LogP contribution is -2.17. The highest BCUT2D eigenvalue weighted by molar-refractivity contribution is 5.90. The van der Waals surface area contributed by atoms with Crippen molar-refractivity contribution in [1.82, 2.24) is 0 Å². The molecule has 28 heavy (non-hydrogen) atoms. The monoisotopic (exact) mass is 400 g/mol. The van der Waals surface area contributed by atoms with Gasteiger partial charge in [0.25, 0.3) is 0 Å². The Balaban J connectivity index is 2.49. The van der Waals surface area contributed by atoms with Gasteiger partial charge in [-0.05, 0) is 31.9 Å². The minimum absolute atomic E-state index is 0.0377. The first-order chi connectivity index (χ1) is 13.5. The predicted octanol–water partition coefficient (Wildman–Crippen LogP) is 4.23. The van der Waals surface area contributed by atoms with Gasteiger partial charge >= 0.3 is 12.1 Å². The Kier molecular flexibility index (Phi) is 10.6.